The van der Waals surface area contributed by atoms with Crippen molar-refractivity contribution in [2.24, 2.45) is 0 Å². The Hall–Kier alpha value is -1.64. The number of carbonyl (C=O) groups is 1. The van der Waals surface area contributed by atoms with Crippen molar-refractivity contribution >= 4 is 15.9 Å². The SMILES string of the molecule is CCOc1ccc(S(=O)(=O)N(C)CC(=O)N2CCN(C)CC2)cc1C. The van der Waals surface area contributed by atoms with Crippen molar-refractivity contribution in [3.8, 4) is 5.75 Å². The molecule has 1 aromatic rings. The Kier molecular flexibility index (Phi) is 6.42. The number of sulfonamides is 1. The normalized spacial score (nSPS) is 16.3. The van der Waals surface area contributed by atoms with Crippen LogP contribution in [0.25, 0.3) is 0 Å². The lowest BCUT2D eigenvalue weighted by Gasteiger charge is -2.33. The van der Waals surface area contributed by atoms with Gasteiger partial charge in [-0.2, -0.15) is 4.31 Å². The first-order chi connectivity index (χ1) is 11.8. The molecule has 1 fully saturated rings. The number of ether oxygens (including phenoxy) is 1. The number of benzene rings is 1. The number of nitrogens with zero attached hydrogens (tertiary/aromatic N) is 3. The molecule has 1 saturated heterocycles. The summed E-state index contributed by atoms with van der Waals surface area (Å²) < 4.78 is 32.0. The third kappa shape index (κ3) is 4.71. The van der Waals surface area contributed by atoms with E-state index in [1.165, 1.54) is 13.1 Å². The minimum absolute atomic E-state index is 0.154. The van der Waals surface area contributed by atoms with Crippen LogP contribution in [0.3, 0.4) is 0 Å². The van der Waals surface area contributed by atoms with E-state index in [4.69, 9.17) is 4.74 Å². The summed E-state index contributed by atoms with van der Waals surface area (Å²) in [5, 5.41) is 0. The molecule has 0 spiro atoms. The van der Waals surface area contributed by atoms with Crippen molar-refractivity contribution in [3.05, 3.63) is 23.8 Å². The van der Waals surface area contributed by atoms with Crippen LogP contribution in [0.2, 0.25) is 0 Å². The number of hydrogen-bond donors (Lipinski definition) is 0. The number of piperazine rings is 1. The number of aryl methyl sites for hydroxylation is 1. The maximum atomic E-state index is 12.7. The van der Waals surface area contributed by atoms with Crippen LogP contribution in [0.4, 0.5) is 0 Å². The number of carbonyl (C=O) groups excluding carboxylic acids is 1. The molecular weight excluding hydrogens is 342 g/mol. The number of amides is 1. The Balaban J connectivity index is 2.08. The van der Waals surface area contributed by atoms with Crippen molar-refractivity contribution in [1.29, 1.82) is 0 Å². The van der Waals surface area contributed by atoms with E-state index in [1.54, 1.807) is 24.0 Å². The van der Waals surface area contributed by atoms with E-state index < -0.39 is 10.0 Å². The average Bonchev–Trinajstić information content (AvgIpc) is 2.57. The monoisotopic (exact) mass is 369 g/mol. The second kappa shape index (κ2) is 8.16. The molecular formula is C17H27N3O4S. The molecule has 0 unspecified atom stereocenters. The van der Waals surface area contributed by atoms with Crippen molar-refractivity contribution in [2.75, 3.05) is 53.4 Å². The second-order valence-corrected chi connectivity index (χ2v) is 8.35. The Morgan fingerprint density at radius 3 is 2.44 bits per heavy atom. The molecule has 25 heavy (non-hydrogen) atoms. The van der Waals surface area contributed by atoms with Crippen LogP contribution in [-0.2, 0) is 14.8 Å². The highest BCUT2D eigenvalue weighted by atomic mass is 32.2. The predicted molar refractivity (Wildman–Crippen MR) is 96.2 cm³/mol. The first-order valence-electron chi connectivity index (χ1n) is 8.41. The molecule has 1 aliphatic heterocycles. The molecule has 0 aromatic heterocycles. The van der Waals surface area contributed by atoms with Crippen LogP contribution in [0.15, 0.2) is 23.1 Å². The van der Waals surface area contributed by atoms with Gasteiger partial charge < -0.3 is 14.5 Å². The first-order valence-corrected chi connectivity index (χ1v) is 9.85. The van der Waals surface area contributed by atoms with E-state index >= 15 is 0 Å². The Morgan fingerprint density at radius 2 is 1.88 bits per heavy atom. The molecule has 1 heterocycles. The molecule has 7 nitrogen and oxygen atoms in total. The van der Waals surface area contributed by atoms with Gasteiger partial charge in [-0.3, -0.25) is 4.79 Å². The summed E-state index contributed by atoms with van der Waals surface area (Å²) >= 11 is 0. The van der Waals surface area contributed by atoms with Crippen LogP contribution < -0.4 is 4.74 Å². The van der Waals surface area contributed by atoms with E-state index in [9.17, 15) is 13.2 Å². The molecule has 1 aliphatic rings. The lowest BCUT2D eigenvalue weighted by molar-refractivity contribution is -0.132. The zero-order valence-electron chi connectivity index (χ0n) is 15.4. The maximum Gasteiger partial charge on any atom is 0.243 e. The summed E-state index contributed by atoms with van der Waals surface area (Å²) in [5.74, 6) is 0.499. The highest BCUT2D eigenvalue weighted by Gasteiger charge is 2.27. The van der Waals surface area contributed by atoms with Crippen molar-refractivity contribution in [1.82, 2.24) is 14.1 Å². The highest BCUT2D eigenvalue weighted by molar-refractivity contribution is 7.89. The smallest absolute Gasteiger partial charge is 0.243 e. The fourth-order valence-corrected chi connectivity index (χ4v) is 3.92. The van der Waals surface area contributed by atoms with Crippen LogP contribution in [0.1, 0.15) is 12.5 Å². The van der Waals surface area contributed by atoms with Crippen LogP contribution in [-0.4, -0.2) is 81.9 Å². The number of rotatable bonds is 6. The van der Waals surface area contributed by atoms with E-state index in [1.807, 2.05) is 14.0 Å². The van der Waals surface area contributed by atoms with Gasteiger partial charge in [-0.05, 0) is 44.7 Å². The molecule has 0 N–H and O–H groups in total. The summed E-state index contributed by atoms with van der Waals surface area (Å²) in [6.45, 7) is 6.92. The van der Waals surface area contributed by atoms with Gasteiger partial charge in [-0.1, -0.05) is 0 Å². The van der Waals surface area contributed by atoms with Crippen molar-refractivity contribution in [2.45, 2.75) is 18.7 Å². The van der Waals surface area contributed by atoms with Gasteiger partial charge in [0.15, 0.2) is 0 Å². The summed E-state index contributed by atoms with van der Waals surface area (Å²) in [4.78, 5) is 16.4. The molecule has 0 bridgehead atoms. The topological polar surface area (TPSA) is 70.2 Å². The number of hydrogen-bond acceptors (Lipinski definition) is 5. The lowest BCUT2D eigenvalue weighted by Crippen LogP contribution is -2.50. The molecule has 0 radical (unpaired) electrons. The van der Waals surface area contributed by atoms with Crippen LogP contribution in [0, 0.1) is 6.92 Å². The standard InChI is InChI=1S/C17H27N3O4S/c1-5-24-16-7-6-15(12-14(16)2)25(22,23)19(4)13-17(21)20-10-8-18(3)9-11-20/h6-7,12H,5,8-11,13H2,1-4H3. The zero-order chi connectivity index (χ0) is 18.6. The van der Waals surface area contributed by atoms with Crippen molar-refractivity contribution in [3.63, 3.8) is 0 Å². The van der Waals surface area contributed by atoms with Gasteiger partial charge in [-0.25, -0.2) is 8.42 Å². The maximum absolute atomic E-state index is 12.7. The molecule has 1 aromatic carbocycles. The third-order valence-corrected chi connectivity index (χ3v) is 6.17. The fraction of sp³-hybridized carbons (Fsp3) is 0.588. The Morgan fingerprint density at radius 1 is 1.24 bits per heavy atom. The van der Waals surface area contributed by atoms with Gasteiger partial charge in [0.25, 0.3) is 0 Å². The molecule has 1 amide bonds. The first kappa shape index (κ1) is 19.7. The summed E-state index contributed by atoms with van der Waals surface area (Å²) in [6.07, 6.45) is 0. The summed E-state index contributed by atoms with van der Waals surface area (Å²) in [5.41, 5.74) is 0.752. The molecule has 0 saturated carbocycles. The van der Waals surface area contributed by atoms with Gasteiger partial charge >= 0.3 is 0 Å². The second-order valence-electron chi connectivity index (χ2n) is 6.31. The molecule has 0 aliphatic carbocycles. The van der Waals surface area contributed by atoms with Gasteiger partial charge in [-0.15, -0.1) is 0 Å². The van der Waals surface area contributed by atoms with Crippen molar-refractivity contribution < 1.29 is 17.9 Å². The third-order valence-electron chi connectivity index (χ3n) is 4.37. The fourth-order valence-electron chi connectivity index (χ4n) is 2.71. The van der Waals surface area contributed by atoms with Crippen LogP contribution in [0.5, 0.6) is 5.75 Å². The molecule has 0 atom stereocenters. The average molecular weight is 369 g/mol. The van der Waals surface area contributed by atoms with Gasteiger partial charge in [0.2, 0.25) is 15.9 Å². The van der Waals surface area contributed by atoms with E-state index in [0.29, 0.717) is 25.4 Å². The highest BCUT2D eigenvalue weighted by Crippen LogP contribution is 2.23. The molecule has 8 heteroatoms. The van der Waals surface area contributed by atoms with E-state index in [-0.39, 0.29) is 17.3 Å². The summed E-state index contributed by atoms with van der Waals surface area (Å²) in [7, 11) is -0.272. The minimum atomic E-state index is -3.72. The summed E-state index contributed by atoms with van der Waals surface area (Å²) in [6, 6.07) is 4.75. The van der Waals surface area contributed by atoms with Gasteiger partial charge in [0, 0.05) is 33.2 Å². The van der Waals surface area contributed by atoms with E-state index in [0.717, 1.165) is 23.0 Å². The molecule has 2 rings (SSSR count). The minimum Gasteiger partial charge on any atom is -0.494 e. The Labute approximate surface area is 150 Å². The predicted octanol–water partition coefficient (Wildman–Crippen LogP) is 0.788. The van der Waals surface area contributed by atoms with Crippen LogP contribution >= 0.6 is 0 Å². The van der Waals surface area contributed by atoms with Gasteiger partial charge in [0.05, 0.1) is 18.0 Å². The molecule has 140 valence electrons. The Bertz CT molecular complexity index is 713. The zero-order valence-corrected chi connectivity index (χ0v) is 16.2. The van der Waals surface area contributed by atoms with E-state index in [2.05, 4.69) is 4.90 Å². The number of likely N-dealkylation sites (N-methyl/N-ethyl adjacent to an activating group) is 2. The lowest BCUT2D eigenvalue weighted by atomic mass is 10.2. The largest absolute Gasteiger partial charge is 0.494 e. The quantitative estimate of drug-likeness (QED) is 0.741. The van der Waals surface area contributed by atoms with Gasteiger partial charge in [0.1, 0.15) is 5.75 Å².